The molecule has 0 bridgehead atoms. The number of amides is 2. The second-order valence-corrected chi connectivity index (χ2v) is 3.95. The number of carbonyl (C=O) groups excluding carboxylic acids is 2. The first-order valence-corrected chi connectivity index (χ1v) is 5.28. The zero-order valence-electron chi connectivity index (χ0n) is 10.1. The van der Waals surface area contributed by atoms with Crippen LogP contribution in [0.5, 0.6) is 0 Å². The van der Waals surface area contributed by atoms with Gasteiger partial charge in [-0.25, -0.2) is 0 Å². The Bertz CT molecular complexity index is 241. The Balaban J connectivity index is 3.76. The van der Waals surface area contributed by atoms with Crippen molar-refractivity contribution in [3.8, 4) is 0 Å². The Morgan fingerprint density at radius 1 is 1.25 bits per heavy atom. The Hall–Kier alpha value is -1.14. The molecule has 0 aliphatic rings. The number of ether oxygens (including phenoxy) is 1. The van der Waals surface area contributed by atoms with Gasteiger partial charge in [0.1, 0.15) is 0 Å². The lowest BCUT2D eigenvalue weighted by atomic mass is 10.1. The molecule has 16 heavy (non-hydrogen) atoms. The third-order valence-electron chi connectivity index (χ3n) is 1.88. The molecule has 0 atom stereocenters. The van der Waals surface area contributed by atoms with Crippen molar-refractivity contribution >= 4 is 11.8 Å². The Morgan fingerprint density at radius 2 is 1.88 bits per heavy atom. The van der Waals surface area contributed by atoms with Crippen LogP contribution in [0.2, 0.25) is 0 Å². The van der Waals surface area contributed by atoms with Crippen LogP contribution < -0.4 is 16.4 Å². The zero-order valence-corrected chi connectivity index (χ0v) is 10.1. The third kappa shape index (κ3) is 7.19. The van der Waals surface area contributed by atoms with E-state index >= 15 is 0 Å². The normalized spacial score (nSPS) is 11.0. The van der Waals surface area contributed by atoms with Crippen molar-refractivity contribution in [2.24, 2.45) is 5.73 Å². The van der Waals surface area contributed by atoms with Gasteiger partial charge in [0.15, 0.2) is 0 Å². The number of carbonyl (C=O) groups is 2. The second-order valence-electron chi connectivity index (χ2n) is 3.95. The van der Waals surface area contributed by atoms with Gasteiger partial charge in [0, 0.05) is 13.2 Å². The summed E-state index contributed by atoms with van der Waals surface area (Å²) in [5, 5.41) is 5.05. The van der Waals surface area contributed by atoms with Crippen molar-refractivity contribution in [3.63, 3.8) is 0 Å². The van der Waals surface area contributed by atoms with Gasteiger partial charge in [-0.3, -0.25) is 9.59 Å². The summed E-state index contributed by atoms with van der Waals surface area (Å²) in [6.45, 7) is 6.48. The quantitative estimate of drug-likeness (QED) is 0.523. The first-order chi connectivity index (χ1) is 7.41. The molecule has 0 saturated carbocycles. The highest BCUT2D eigenvalue weighted by molar-refractivity contribution is 5.85. The van der Waals surface area contributed by atoms with Gasteiger partial charge in [-0.1, -0.05) is 0 Å². The summed E-state index contributed by atoms with van der Waals surface area (Å²) in [6, 6.07) is 0. The lowest BCUT2D eigenvalue weighted by Gasteiger charge is -2.24. The number of nitrogens with one attached hydrogen (secondary N) is 2. The van der Waals surface area contributed by atoms with Gasteiger partial charge < -0.3 is 21.1 Å². The summed E-state index contributed by atoms with van der Waals surface area (Å²) < 4.78 is 5.40. The molecule has 0 radical (unpaired) electrons. The Kier molecular flexibility index (Phi) is 6.67. The molecular weight excluding hydrogens is 210 g/mol. The van der Waals surface area contributed by atoms with Gasteiger partial charge in [0.2, 0.25) is 11.8 Å². The molecule has 4 N–H and O–H groups in total. The maximum absolute atomic E-state index is 11.3. The van der Waals surface area contributed by atoms with Crippen LogP contribution in [0.3, 0.4) is 0 Å². The molecule has 2 amide bonds. The second kappa shape index (κ2) is 7.19. The minimum Gasteiger partial charge on any atom is -0.374 e. The molecule has 0 aromatic rings. The highest BCUT2D eigenvalue weighted by atomic mass is 16.5. The molecule has 0 aliphatic carbocycles. The van der Waals surface area contributed by atoms with E-state index in [-0.39, 0.29) is 24.9 Å². The molecule has 0 aromatic heterocycles. The summed E-state index contributed by atoms with van der Waals surface area (Å²) in [7, 11) is 0. The minimum atomic E-state index is -0.401. The summed E-state index contributed by atoms with van der Waals surface area (Å²) in [5.41, 5.74) is 4.68. The molecule has 0 aliphatic heterocycles. The minimum absolute atomic E-state index is 0.0573. The SMILES string of the molecule is CCOC(C)(C)CNC(=O)CNC(=O)CN. The fourth-order valence-electron chi connectivity index (χ4n) is 1.07. The largest absolute Gasteiger partial charge is 0.374 e. The molecular formula is C10H21N3O3. The maximum Gasteiger partial charge on any atom is 0.239 e. The van der Waals surface area contributed by atoms with Crippen LogP contribution in [0.4, 0.5) is 0 Å². The number of nitrogens with two attached hydrogens (primary N) is 1. The number of rotatable bonds is 7. The Labute approximate surface area is 95.9 Å². The van der Waals surface area contributed by atoms with Gasteiger partial charge in [-0.2, -0.15) is 0 Å². The maximum atomic E-state index is 11.3. The van der Waals surface area contributed by atoms with Crippen LogP contribution in [-0.4, -0.2) is 43.7 Å². The summed E-state index contributed by atoms with van der Waals surface area (Å²) in [6.07, 6.45) is 0. The molecule has 0 spiro atoms. The molecule has 6 nitrogen and oxygen atoms in total. The van der Waals surface area contributed by atoms with Crippen LogP contribution in [-0.2, 0) is 14.3 Å². The van der Waals surface area contributed by atoms with Gasteiger partial charge in [0.05, 0.1) is 18.7 Å². The lowest BCUT2D eigenvalue weighted by molar-refractivity contribution is -0.126. The molecule has 0 rings (SSSR count). The molecule has 0 aromatic carbocycles. The van der Waals surface area contributed by atoms with Crippen LogP contribution in [0.1, 0.15) is 20.8 Å². The first kappa shape index (κ1) is 14.9. The molecule has 0 fully saturated rings. The number of hydrogen-bond donors (Lipinski definition) is 3. The number of hydrogen-bond acceptors (Lipinski definition) is 4. The Morgan fingerprint density at radius 3 is 2.38 bits per heavy atom. The molecule has 0 saturated heterocycles. The van der Waals surface area contributed by atoms with Gasteiger partial charge >= 0.3 is 0 Å². The van der Waals surface area contributed by atoms with E-state index in [1.807, 2.05) is 20.8 Å². The summed E-state index contributed by atoms with van der Waals surface area (Å²) in [4.78, 5) is 22.1. The van der Waals surface area contributed by atoms with E-state index in [2.05, 4.69) is 10.6 Å². The van der Waals surface area contributed by atoms with E-state index in [4.69, 9.17) is 10.5 Å². The van der Waals surface area contributed by atoms with Crippen molar-refractivity contribution in [2.75, 3.05) is 26.2 Å². The fourth-order valence-corrected chi connectivity index (χ4v) is 1.07. The highest BCUT2D eigenvalue weighted by Gasteiger charge is 2.18. The van der Waals surface area contributed by atoms with Crippen molar-refractivity contribution in [1.29, 1.82) is 0 Å². The van der Waals surface area contributed by atoms with E-state index in [0.717, 1.165) is 0 Å². The fraction of sp³-hybridized carbons (Fsp3) is 0.800. The van der Waals surface area contributed by atoms with Crippen molar-refractivity contribution in [2.45, 2.75) is 26.4 Å². The third-order valence-corrected chi connectivity index (χ3v) is 1.88. The van der Waals surface area contributed by atoms with Crippen LogP contribution >= 0.6 is 0 Å². The van der Waals surface area contributed by atoms with Crippen LogP contribution in [0.25, 0.3) is 0 Å². The van der Waals surface area contributed by atoms with Crippen molar-refractivity contribution < 1.29 is 14.3 Å². The molecule has 0 unspecified atom stereocenters. The van der Waals surface area contributed by atoms with Crippen molar-refractivity contribution in [3.05, 3.63) is 0 Å². The predicted octanol–water partition coefficient (Wildman–Crippen LogP) is -1.01. The van der Waals surface area contributed by atoms with Crippen LogP contribution in [0.15, 0.2) is 0 Å². The molecule has 94 valence electrons. The first-order valence-electron chi connectivity index (χ1n) is 5.28. The van der Waals surface area contributed by atoms with Gasteiger partial charge in [-0.15, -0.1) is 0 Å². The van der Waals surface area contributed by atoms with Crippen LogP contribution in [0, 0.1) is 0 Å². The smallest absolute Gasteiger partial charge is 0.239 e. The van der Waals surface area contributed by atoms with E-state index in [0.29, 0.717) is 13.2 Å². The van der Waals surface area contributed by atoms with E-state index < -0.39 is 5.60 Å². The lowest BCUT2D eigenvalue weighted by Crippen LogP contribution is -2.45. The molecule has 6 heteroatoms. The van der Waals surface area contributed by atoms with Crippen molar-refractivity contribution in [1.82, 2.24) is 10.6 Å². The van der Waals surface area contributed by atoms with E-state index in [1.165, 1.54) is 0 Å². The van der Waals surface area contributed by atoms with Gasteiger partial charge in [0.25, 0.3) is 0 Å². The molecule has 0 heterocycles. The standard InChI is InChI=1S/C10H21N3O3/c1-4-16-10(2,3)7-13-9(15)6-12-8(14)5-11/h4-7,11H2,1-3H3,(H,12,14)(H,13,15). The van der Waals surface area contributed by atoms with Gasteiger partial charge in [-0.05, 0) is 20.8 Å². The average Bonchev–Trinajstić information content (AvgIpc) is 2.23. The topological polar surface area (TPSA) is 93.5 Å². The van der Waals surface area contributed by atoms with E-state index in [9.17, 15) is 9.59 Å². The summed E-state index contributed by atoms with van der Waals surface area (Å²) in [5.74, 6) is -0.603. The highest BCUT2D eigenvalue weighted by Crippen LogP contribution is 2.06. The average molecular weight is 231 g/mol. The predicted molar refractivity (Wildman–Crippen MR) is 60.8 cm³/mol. The monoisotopic (exact) mass is 231 g/mol. The zero-order chi connectivity index (χ0) is 12.6. The summed E-state index contributed by atoms with van der Waals surface area (Å²) >= 11 is 0. The van der Waals surface area contributed by atoms with E-state index in [1.54, 1.807) is 0 Å².